The Kier molecular flexibility index (Phi) is 4.99. The largest absolute Gasteiger partial charge is 0.352 e. The lowest BCUT2D eigenvalue weighted by molar-refractivity contribution is -0.126. The lowest BCUT2D eigenvalue weighted by Crippen LogP contribution is -2.46. The molecular formula is C15H24N2OS. The second kappa shape index (κ2) is 6.53. The van der Waals surface area contributed by atoms with E-state index in [1.807, 2.05) is 14.0 Å². The molecule has 0 spiro atoms. The smallest absolute Gasteiger partial charge is 0.237 e. The van der Waals surface area contributed by atoms with E-state index in [0.29, 0.717) is 6.04 Å². The maximum absolute atomic E-state index is 12.2. The van der Waals surface area contributed by atoms with Crippen LogP contribution >= 0.6 is 11.3 Å². The number of rotatable bonds is 5. The van der Waals surface area contributed by atoms with E-state index in [1.165, 1.54) is 23.3 Å². The molecule has 1 aromatic heterocycles. The number of thiophene rings is 1. The first-order valence-electron chi connectivity index (χ1n) is 7.11. The number of nitrogens with zero attached hydrogens (tertiary/aromatic N) is 1. The van der Waals surface area contributed by atoms with Gasteiger partial charge in [-0.1, -0.05) is 12.8 Å². The number of hydrogen-bond donors (Lipinski definition) is 1. The van der Waals surface area contributed by atoms with E-state index in [9.17, 15) is 4.79 Å². The molecule has 0 aliphatic heterocycles. The van der Waals surface area contributed by atoms with Gasteiger partial charge in [0.25, 0.3) is 0 Å². The van der Waals surface area contributed by atoms with Gasteiger partial charge in [-0.3, -0.25) is 9.69 Å². The van der Waals surface area contributed by atoms with Crippen molar-refractivity contribution in [2.75, 3.05) is 7.05 Å². The van der Waals surface area contributed by atoms with Crippen molar-refractivity contribution in [3.63, 3.8) is 0 Å². The Bertz CT molecular complexity index is 424. The van der Waals surface area contributed by atoms with Gasteiger partial charge in [0.15, 0.2) is 0 Å². The van der Waals surface area contributed by atoms with Crippen LogP contribution in [0.15, 0.2) is 11.4 Å². The van der Waals surface area contributed by atoms with Crippen molar-refractivity contribution in [3.05, 3.63) is 21.9 Å². The lowest BCUT2D eigenvalue weighted by atomic mass is 10.2. The lowest BCUT2D eigenvalue weighted by Gasteiger charge is -2.25. The zero-order valence-electron chi connectivity index (χ0n) is 12.1. The molecule has 0 bridgehead atoms. The minimum Gasteiger partial charge on any atom is -0.352 e. The molecule has 0 aromatic carbocycles. The topological polar surface area (TPSA) is 32.3 Å². The van der Waals surface area contributed by atoms with Crippen LogP contribution in [0.25, 0.3) is 0 Å². The van der Waals surface area contributed by atoms with Crippen molar-refractivity contribution in [2.45, 2.75) is 58.2 Å². The van der Waals surface area contributed by atoms with Crippen molar-refractivity contribution < 1.29 is 4.79 Å². The van der Waals surface area contributed by atoms with E-state index in [1.54, 1.807) is 11.3 Å². The van der Waals surface area contributed by atoms with Gasteiger partial charge in [0.1, 0.15) is 0 Å². The van der Waals surface area contributed by atoms with Crippen molar-refractivity contribution in [2.24, 2.45) is 0 Å². The summed E-state index contributed by atoms with van der Waals surface area (Å²) in [5, 5.41) is 5.29. The van der Waals surface area contributed by atoms with Crippen LogP contribution in [0.4, 0.5) is 0 Å². The molecule has 1 N–H and O–H groups in total. The Morgan fingerprint density at radius 3 is 2.79 bits per heavy atom. The summed E-state index contributed by atoms with van der Waals surface area (Å²) >= 11 is 1.77. The molecule has 2 rings (SSSR count). The fourth-order valence-corrected chi connectivity index (χ4v) is 3.49. The molecule has 1 aliphatic carbocycles. The first-order valence-corrected chi connectivity index (χ1v) is 7.99. The van der Waals surface area contributed by atoms with Gasteiger partial charge in [-0.05, 0) is 50.7 Å². The van der Waals surface area contributed by atoms with Gasteiger partial charge >= 0.3 is 0 Å². The van der Waals surface area contributed by atoms with Crippen molar-refractivity contribution in [1.82, 2.24) is 10.2 Å². The molecule has 3 nitrogen and oxygen atoms in total. The van der Waals surface area contributed by atoms with Crippen LogP contribution in [-0.4, -0.2) is 29.9 Å². The Labute approximate surface area is 120 Å². The monoisotopic (exact) mass is 280 g/mol. The van der Waals surface area contributed by atoms with Gasteiger partial charge in [0.05, 0.1) is 6.04 Å². The normalized spacial score (nSPS) is 17.9. The second-order valence-electron chi connectivity index (χ2n) is 5.61. The molecule has 0 saturated heterocycles. The van der Waals surface area contributed by atoms with Crippen molar-refractivity contribution in [3.8, 4) is 0 Å². The van der Waals surface area contributed by atoms with Gasteiger partial charge in [0, 0.05) is 17.5 Å². The highest BCUT2D eigenvalue weighted by Gasteiger charge is 2.23. The number of aryl methyl sites for hydroxylation is 1. The van der Waals surface area contributed by atoms with Crippen LogP contribution in [-0.2, 0) is 11.3 Å². The highest BCUT2D eigenvalue weighted by Crippen LogP contribution is 2.20. The molecule has 1 aromatic rings. The van der Waals surface area contributed by atoms with Crippen molar-refractivity contribution >= 4 is 17.2 Å². The molecule has 1 saturated carbocycles. The molecular weight excluding hydrogens is 256 g/mol. The fourth-order valence-electron chi connectivity index (χ4n) is 2.52. The van der Waals surface area contributed by atoms with Gasteiger partial charge in [0.2, 0.25) is 5.91 Å². The standard InChI is InChI=1S/C15H24N2OS/c1-11-8-9-19-14(11)10-17(3)12(2)15(18)16-13-6-4-5-7-13/h8-9,12-13H,4-7,10H2,1-3H3,(H,16,18). The van der Waals surface area contributed by atoms with E-state index < -0.39 is 0 Å². The molecule has 0 radical (unpaired) electrons. The van der Waals surface area contributed by atoms with Gasteiger partial charge in [-0.15, -0.1) is 11.3 Å². The SMILES string of the molecule is Cc1ccsc1CN(C)C(C)C(=O)NC1CCCC1. The molecule has 1 aliphatic rings. The highest BCUT2D eigenvalue weighted by molar-refractivity contribution is 7.10. The number of amides is 1. The van der Waals surface area contributed by atoms with E-state index in [0.717, 1.165) is 19.4 Å². The quantitative estimate of drug-likeness (QED) is 0.899. The first kappa shape index (κ1) is 14.5. The zero-order chi connectivity index (χ0) is 13.8. The summed E-state index contributed by atoms with van der Waals surface area (Å²) < 4.78 is 0. The summed E-state index contributed by atoms with van der Waals surface area (Å²) in [5.41, 5.74) is 1.32. The van der Waals surface area contributed by atoms with Crippen LogP contribution in [0.1, 0.15) is 43.0 Å². The summed E-state index contributed by atoms with van der Waals surface area (Å²) in [4.78, 5) is 15.7. The summed E-state index contributed by atoms with van der Waals surface area (Å²) in [5.74, 6) is 0.170. The van der Waals surface area contributed by atoms with Crippen LogP contribution < -0.4 is 5.32 Å². The minimum atomic E-state index is -0.0675. The van der Waals surface area contributed by atoms with Crippen LogP contribution in [0.2, 0.25) is 0 Å². The number of carbonyl (C=O) groups excluding carboxylic acids is 1. The molecule has 1 atom stereocenters. The summed E-state index contributed by atoms with van der Waals surface area (Å²) in [7, 11) is 2.03. The van der Waals surface area contributed by atoms with Crippen LogP contribution in [0, 0.1) is 6.92 Å². The average molecular weight is 280 g/mol. The van der Waals surface area contributed by atoms with Gasteiger partial charge < -0.3 is 5.32 Å². The molecule has 4 heteroatoms. The third kappa shape index (κ3) is 3.80. The summed E-state index contributed by atoms with van der Waals surface area (Å²) in [6.45, 7) is 4.97. The van der Waals surface area contributed by atoms with E-state index in [2.05, 4.69) is 28.6 Å². The van der Waals surface area contributed by atoms with E-state index >= 15 is 0 Å². The van der Waals surface area contributed by atoms with E-state index in [4.69, 9.17) is 0 Å². The highest BCUT2D eigenvalue weighted by atomic mass is 32.1. The first-order chi connectivity index (χ1) is 9.08. The molecule has 1 fully saturated rings. The molecule has 1 heterocycles. The maximum atomic E-state index is 12.2. The Morgan fingerprint density at radius 1 is 1.53 bits per heavy atom. The van der Waals surface area contributed by atoms with Gasteiger partial charge in [-0.2, -0.15) is 0 Å². The Balaban J connectivity index is 1.85. The minimum absolute atomic E-state index is 0.0675. The van der Waals surface area contributed by atoms with E-state index in [-0.39, 0.29) is 11.9 Å². The predicted molar refractivity (Wildman–Crippen MR) is 80.4 cm³/mol. The van der Waals surface area contributed by atoms with Gasteiger partial charge in [-0.25, -0.2) is 0 Å². The third-order valence-electron chi connectivity index (χ3n) is 4.10. The molecule has 1 unspecified atom stereocenters. The Hall–Kier alpha value is -0.870. The average Bonchev–Trinajstić information content (AvgIpc) is 3.01. The predicted octanol–water partition coefficient (Wildman–Crippen LogP) is 2.94. The number of hydrogen-bond acceptors (Lipinski definition) is 3. The third-order valence-corrected chi connectivity index (χ3v) is 5.11. The summed E-state index contributed by atoms with van der Waals surface area (Å²) in [6, 6.07) is 2.48. The number of likely N-dealkylation sites (N-methyl/N-ethyl adjacent to an activating group) is 1. The number of carbonyl (C=O) groups is 1. The zero-order valence-corrected chi connectivity index (χ0v) is 12.9. The summed E-state index contributed by atoms with van der Waals surface area (Å²) in [6.07, 6.45) is 4.80. The van der Waals surface area contributed by atoms with Crippen LogP contribution in [0.3, 0.4) is 0 Å². The Morgan fingerprint density at radius 2 is 2.21 bits per heavy atom. The van der Waals surface area contributed by atoms with Crippen LogP contribution in [0.5, 0.6) is 0 Å². The second-order valence-corrected chi connectivity index (χ2v) is 6.61. The number of nitrogens with one attached hydrogen (secondary N) is 1. The van der Waals surface area contributed by atoms with Crippen molar-refractivity contribution in [1.29, 1.82) is 0 Å². The molecule has 1 amide bonds. The molecule has 106 valence electrons. The maximum Gasteiger partial charge on any atom is 0.237 e. The fraction of sp³-hybridized carbons (Fsp3) is 0.667. The molecule has 19 heavy (non-hydrogen) atoms.